The first-order valence-electron chi connectivity index (χ1n) is 4.54. The molecule has 2 rings (SSSR count). The summed E-state index contributed by atoms with van der Waals surface area (Å²) in [4.78, 5) is 4.17. The molecule has 0 atom stereocenters. The van der Waals surface area contributed by atoms with E-state index < -0.39 is 7.12 Å². The van der Waals surface area contributed by atoms with Gasteiger partial charge in [-0.2, -0.15) is 0 Å². The number of nitrogens with zero attached hydrogens (tertiary/aromatic N) is 2. The van der Waals surface area contributed by atoms with Gasteiger partial charge in [-0.15, -0.1) is 0 Å². The molecule has 2 N–H and O–H groups in total. The molecule has 0 aliphatic rings. The molecule has 0 aliphatic heterocycles. The van der Waals surface area contributed by atoms with E-state index in [4.69, 9.17) is 10.0 Å². The number of rotatable bonds is 2. The smallest absolute Gasteiger partial charge is 0.422 e. The Morgan fingerprint density at radius 1 is 1.36 bits per heavy atom. The zero-order chi connectivity index (χ0) is 10.1. The van der Waals surface area contributed by atoms with Crippen LogP contribution in [0.1, 0.15) is 6.92 Å². The zero-order valence-corrected chi connectivity index (χ0v) is 7.88. The average Bonchev–Trinajstić information content (AvgIpc) is 2.59. The standard InChI is InChI=1S/C9H11BN2O2/c1-2-12-6-5-7-3-4-8(10(13)14)11-9(7)12/h3-6,13-14H,2H2,1H3. The average molecular weight is 190 g/mol. The number of hydrogen-bond donors (Lipinski definition) is 2. The van der Waals surface area contributed by atoms with Gasteiger partial charge in [-0.1, -0.05) is 6.07 Å². The van der Waals surface area contributed by atoms with Crippen molar-refractivity contribution in [1.29, 1.82) is 0 Å². The van der Waals surface area contributed by atoms with Crippen LogP contribution in [0.2, 0.25) is 0 Å². The topological polar surface area (TPSA) is 58.3 Å². The molecule has 2 aromatic rings. The van der Waals surface area contributed by atoms with Crippen molar-refractivity contribution < 1.29 is 10.0 Å². The molecule has 2 aromatic heterocycles. The molecule has 72 valence electrons. The number of aryl methyl sites for hydroxylation is 1. The molecule has 0 spiro atoms. The normalized spacial score (nSPS) is 10.8. The van der Waals surface area contributed by atoms with Crippen LogP contribution in [0.3, 0.4) is 0 Å². The predicted molar refractivity (Wildman–Crippen MR) is 55.2 cm³/mol. The second-order valence-corrected chi connectivity index (χ2v) is 3.12. The van der Waals surface area contributed by atoms with Gasteiger partial charge in [0.25, 0.3) is 0 Å². The first-order valence-corrected chi connectivity index (χ1v) is 4.54. The minimum atomic E-state index is -1.50. The van der Waals surface area contributed by atoms with Crippen molar-refractivity contribution in [3.05, 3.63) is 24.4 Å². The largest absolute Gasteiger partial charge is 0.508 e. The van der Waals surface area contributed by atoms with Gasteiger partial charge in [0.05, 0.1) is 5.59 Å². The summed E-state index contributed by atoms with van der Waals surface area (Å²) < 4.78 is 1.96. The van der Waals surface area contributed by atoms with Gasteiger partial charge in [-0.3, -0.25) is 0 Å². The highest BCUT2D eigenvalue weighted by atomic mass is 16.4. The Bertz CT molecular complexity index is 453. The van der Waals surface area contributed by atoms with Crippen LogP contribution in [0, 0.1) is 0 Å². The maximum Gasteiger partial charge on any atom is 0.508 e. The van der Waals surface area contributed by atoms with Gasteiger partial charge in [-0.25, -0.2) is 4.98 Å². The minimum Gasteiger partial charge on any atom is -0.422 e. The van der Waals surface area contributed by atoms with Gasteiger partial charge in [0.2, 0.25) is 0 Å². The summed E-state index contributed by atoms with van der Waals surface area (Å²) in [5, 5.41) is 18.9. The van der Waals surface area contributed by atoms with Crippen molar-refractivity contribution in [2.45, 2.75) is 13.5 Å². The first kappa shape index (κ1) is 9.24. The summed E-state index contributed by atoms with van der Waals surface area (Å²) in [6, 6.07) is 5.41. The van der Waals surface area contributed by atoms with E-state index in [2.05, 4.69) is 4.98 Å². The molecule has 5 heteroatoms. The van der Waals surface area contributed by atoms with Crippen molar-refractivity contribution in [2.75, 3.05) is 0 Å². The fraction of sp³-hybridized carbons (Fsp3) is 0.222. The summed E-state index contributed by atoms with van der Waals surface area (Å²) in [6.07, 6.45) is 1.94. The second-order valence-electron chi connectivity index (χ2n) is 3.12. The van der Waals surface area contributed by atoms with Gasteiger partial charge in [0, 0.05) is 18.1 Å². The Hall–Kier alpha value is -1.33. The third-order valence-corrected chi connectivity index (χ3v) is 2.24. The van der Waals surface area contributed by atoms with Crippen molar-refractivity contribution in [3.63, 3.8) is 0 Å². The van der Waals surface area contributed by atoms with Crippen LogP contribution in [0.4, 0.5) is 0 Å². The Kier molecular flexibility index (Phi) is 2.27. The van der Waals surface area contributed by atoms with Gasteiger partial charge in [0.1, 0.15) is 5.65 Å². The van der Waals surface area contributed by atoms with Crippen molar-refractivity contribution >= 4 is 23.7 Å². The van der Waals surface area contributed by atoms with Crippen LogP contribution in [0.15, 0.2) is 24.4 Å². The van der Waals surface area contributed by atoms with E-state index in [1.54, 1.807) is 6.07 Å². The van der Waals surface area contributed by atoms with Gasteiger partial charge >= 0.3 is 7.12 Å². The van der Waals surface area contributed by atoms with Crippen LogP contribution in [0.25, 0.3) is 11.0 Å². The molecule has 0 aromatic carbocycles. The first-order chi connectivity index (χ1) is 6.72. The van der Waals surface area contributed by atoms with E-state index in [-0.39, 0.29) is 5.59 Å². The van der Waals surface area contributed by atoms with Crippen LogP contribution in [0.5, 0.6) is 0 Å². The fourth-order valence-corrected chi connectivity index (χ4v) is 1.47. The molecule has 0 saturated carbocycles. The molecule has 0 unspecified atom stereocenters. The molecule has 0 bridgehead atoms. The minimum absolute atomic E-state index is 0.283. The quantitative estimate of drug-likeness (QED) is 0.641. The Morgan fingerprint density at radius 3 is 2.79 bits per heavy atom. The van der Waals surface area contributed by atoms with Gasteiger partial charge in [-0.05, 0) is 19.1 Å². The third kappa shape index (κ3) is 1.40. The lowest BCUT2D eigenvalue weighted by Crippen LogP contribution is -2.32. The van der Waals surface area contributed by atoms with E-state index in [0.29, 0.717) is 0 Å². The summed E-state index contributed by atoms with van der Waals surface area (Å²) in [6.45, 7) is 2.84. The van der Waals surface area contributed by atoms with E-state index in [9.17, 15) is 0 Å². The summed E-state index contributed by atoms with van der Waals surface area (Å²) in [7, 11) is -1.50. The molecular formula is C9H11BN2O2. The molecule has 2 heterocycles. The van der Waals surface area contributed by atoms with Crippen LogP contribution in [-0.4, -0.2) is 26.7 Å². The zero-order valence-electron chi connectivity index (χ0n) is 7.88. The second kappa shape index (κ2) is 3.44. The number of pyridine rings is 1. The van der Waals surface area contributed by atoms with Crippen molar-refractivity contribution in [1.82, 2.24) is 9.55 Å². The highest BCUT2D eigenvalue weighted by Gasteiger charge is 2.13. The summed E-state index contributed by atoms with van der Waals surface area (Å²) in [5.41, 5.74) is 1.07. The van der Waals surface area contributed by atoms with Crippen LogP contribution in [-0.2, 0) is 6.54 Å². The van der Waals surface area contributed by atoms with Crippen LogP contribution < -0.4 is 5.59 Å². The van der Waals surface area contributed by atoms with Crippen molar-refractivity contribution in [2.24, 2.45) is 0 Å². The predicted octanol–water partition coefficient (Wildman–Crippen LogP) is -0.264. The lowest BCUT2D eigenvalue weighted by molar-refractivity contribution is 0.424. The molecule has 0 radical (unpaired) electrons. The molecule has 0 amide bonds. The maximum atomic E-state index is 8.97. The molecule has 4 nitrogen and oxygen atoms in total. The fourth-order valence-electron chi connectivity index (χ4n) is 1.47. The maximum absolute atomic E-state index is 8.97. The Balaban J connectivity index is 2.61. The lowest BCUT2D eigenvalue weighted by Gasteiger charge is -2.02. The highest BCUT2D eigenvalue weighted by Crippen LogP contribution is 2.10. The molecule has 14 heavy (non-hydrogen) atoms. The van der Waals surface area contributed by atoms with Gasteiger partial charge in [0.15, 0.2) is 0 Å². The van der Waals surface area contributed by atoms with Crippen LogP contribution >= 0.6 is 0 Å². The molecule has 0 fully saturated rings. The SMILES string of the molecule is CCn1ccc2ccc(B(O)O)nc21. The number of hydrogen-bond acceptors (Lipinski definition) is 3. The highest BCUT2D eigenvalue weighted by molar-refractivity contribution is 6.57. The summed E-state index contributed by atoms with van der Waals surface area (Å²) >= 11 is 0. The van der Waals surface area contributed by atoms with Crippen molar-refractivity contribution in [3.8, 4) is 0 Å². The third-order valence-electron chi connectivity index (χ3n) is 2.24. The Morgan fingerprint density at radius 2 is 2.14 bits per heavy atom. The number of aromatic nitrogens is 2. The van der Waals surface area contributed by atoms with E-state index in [1.165, 1.54) is 0 Å². The molecule has 0 aliphatic carbocycles. The number of fused-ring (bicyclic) bond motifs is 1. The monoisotopic (exact) mass is 190 g/mol. The molecule has 0 saturated heterocycles. The lowest BCUT2D eigenvalue weighted by atomic mass is 9.85. The summed E-state index contributed by atoms with van der Waals surface area (Å²) in [5.74, 6) is 0. The van der Waals surface area contributed by atoms with Gasteiger partial charge < -0.3 is 14.6 Å². The van der Waals surface area contributed by atoms with E-state index >= 15 is 0 Å². The Labute approximate surface area is 82.0 Å². The van der Waals surface area contributed by atoms with E-state index in [1.807, 2.05) is 29.8 Å². The molecular weight excluding hydrogens is 179 g/mol. The van der Waals surface area contributed by atoms with E-state index in [0.717, 1.165) is 17.6 Å².